The van der Waals surface area contributed by atoms with E-state index in [0.717, 1.165) is 28.1 Å². The molecule has 1 aromatic carbocycles. The minimum Gasteiger partial charge on any atom is -0.460 e. The standard InChI is InChI=1S/C32H39FN2O4/c1-21(2)35-20-26(27-10-8-9-17-34-27)30(22-11-13-23(33)14-12-22)28(35)16-15-24-18-25(38-32(6,7)37-24)19-29(36)39-31(3,4)5/h8-17,20-21,24-25H,18-19H2,1-7H3/b16-15+/t24-,25-/m1/s1. The molecule has 2 atom stereocenters. The fourth-order valence-electron chi connectivity index (χ4n) is 4.93. The van der Waals surface area contributed by atoms with Crippen LogP contribution in [0.2, 0.25) is 0 Å². The van der Waals surface area contributed by atoms with Gasteiger partial charge in [-0.3, -0.25) is 9.78 Å². The fraction of sp³-hybridized carbons (Fsp3) is 0.438. The van der Waals surface area contributed by atoms with Crippen LogP contribution in [0.1, 0.15) is 73.0 Å². The number of carbonyl (C=O) groups excluding carboxylic acids is 1. The number of pyridine rings is 1. The van der Waals surface area contributed by atoms with E-state index in [2.05, 4.69) is 35.7 Å². The molecule has 3 heterocycles. The van der Waals surface area contributed by atoms with Crippen molar-refractivity contribution in [3.8, 4) is 22.4 Å². The third-order valence-corrected chi connectivity index (χ3v) is 6.37. The molecular weight excluding hydrogens is 495 g/mol. The van der Waals surface area contributed by atoms with Crippen molar-refractivity contribution in [3.05, 3.63) is 72.4 Å². The summed E-state index contributed by atoms with van der Waals surface area (Å²) in [4.78, 5) is 17.1. The lowest BCUT2D eigenvalue weighted by molar-refractivity contribution is -0.290. The Morgan fingerprint density at radius 2 is 1.90 bits per heavy atom. The van der Waals surface area contributed by atoms with Crippen LogP contribution in [0, 0.1) is 5.82 Å². The van der Waals surface area contributed by atoms with Crippen LogP contribution in [-0.4, -0.2) is 39.1 Å². The van der Waals surface area contributed by atoms with Crippen molar-refractivity contribution in [3.63, 3.8) is 0 Å². The first-order valence-corrected chi connectivity index (χ1v) is 13.5. The van der Waals surface area contributed by atoms with Gasteiger partial charge in [0.15, 0.2) is 5.79 Å². The molecule has 1 aliphatic rings. The molecule has 0 aliphatic carbocycles. The summed E-state index contributed by atoms with van der Waals surface area (Å²) in [5.74, 6) is -1.44. The molecular formula is C32H39FN2O4. The number of aromatic nitrogens is 2. The largest absolute Gasteiger partial charge is 0.460 e. The van der Waals surface area contributed by atoms with E-state index in [-0.39, 0.29) is 36.5 Å². The van der Waals surface area contributed by atoms with Crippen molar-refractivity contribution in [2.75, 3.05) is 0 Å². The maximum absolute atomic E-state index is 13.8. The zero-order valence-corrected chi connectivity index (χ0v) is 23.9. The number of nitrogens with zero attached hydrogens (tertiary/aromatic N) is 2. The van der Waals surface area contributed by atoms with E-state index in [1.165, 1.54) is 12.1 Å². The average Bonchev–Trinajstić information content (AvgIpc) is 3.21. The Labute approximate surface area is 230 Å². The summed E-state index contributed by atoms with van der Waals surface area (Å²) in [6.45, 7) is 13.5. The molecule has 208 valence electrons. The molecule has 1 saturated heterocycles. The molecule has 2 aromatic heterocycles. The lowest BCUT2D eigenvalue weighted by atomic mass is 9.98. The Kier molecular flexibility index (Phi) is 8.42. The van der Waals surface area contributed by atoms with Gasteiger partial charge in [-0.05, 0) is 84.4 Å². The van der Waals surface area contributed by atoms with Gasteiger partial charge in [-0.25, -0.2) is 4.39 Å². The monoisotopic (exact) mass is 534 g/mol. The van der Waals surface area contributed by atoms with Crippen LogP contribution in [0.5, 0.6) is 0 Å². The number of hydrogen-bond acceptors (Lipinski definition) is 5. The van der Waals surface area contributed by atoms with Crippen LogP contribution in [0.15, 0.2) is 60.9 Å². The zero-order valence-electron chi connectivity index (χ0n) is 23.9. The molecule has 0 unspecified atom stereocenters. The Balaban J connectivity index is 1.71. The first-order valence-electron chi connectivity index (χ1n) is 13.5. The Morgan fingerprint density at radius 1 is 1.18 bits per heavy atom. The third kappa shape index (κ3) is 7.43. The minimum absolute atomic E-state index is 0.154. The van der Waals surface area contributed by atoms with Crippen molar-refractivity contribution < 1.29 is 23.4 Å². The number of benzene rings is 1. The molecule has 0 spiro atoms. The normalized spacial score (nSPS) is 19.5. The predicted molar refractivity (Wildman–Crippen MR) is 151 cm³/mol. The maximum atomic E-state index is 13.8. The number of halogens is 1. The molecule has 1 aliphatic heterocycles. The van der Waals surface area contributed by atoms with Crippen LogP contribution in [0.25, 0.3) is 28.5 Å². The summed E-state index contributed by atoms with van der Waals surface area (Å²) >= 11 is 0. The molecule has 0 N–H and O–H groups in total. The molecule has 0 bridgehead atoms. The summed E-state index contributed by atoms with van der Waals surface area (Å²) < 4.78 is 33.9. The number of hydrogen-bond donors (Lipinski definition) is 0. The van der Waals surface area contributed by atoms with Crippen LogP contribution in [-0.2, 0) is 19.0 Å². The summed E-state index contributed by atoms with van der Waals surface area (Å²) in [5.41, 5.74) is 4.08. The van der Waals surface area contributed by atoms with Crippen molar-refractivity contribution in [1.82, 2.24) is 9.55 Å². The van der Waals surface area contributed by atoms with Crippen LogP contribution in [0.3, 0.4) is 0 Å². The van der Waals surface area contributed by atoms with Gasteiger partial charge < -0.3 is 18.8 Å². The average molecular weight is 535 g/mol. The Morgan fingerprint density at radius 3 is 2.51 bits per heavy atom. The van der Waals surface area contributed by atoms with Crippen LogP contribution < -0.4 is 0 Å². The summed E-state index contributed by atoms with van der Waals surface area (Å²) in [7, 11) is 0. The predicted octanol–water partition coefficient (Wildman–Crippen LogP) is 7.59. The van der Waals surface area contributed by atoms with Crippen molar-refractivity contribution in [2.24, 2.45) is 0 Å². The van der Waals surface area contributed by atoms with E-state index in [0.29, 0.717) is 6.42 Å². The number of ether oxygens (including phenoxy) is 3. The first kappa shape index (κ1) is 28.7. The molecule has 0 saturated carbocycles. The summed E-state index contributed by atoms with van der Waals surface area (Å²) in [5, 5.41) is 0. The summed E-state index contributed by atoms with van der Waals surface area (Å²) in [6.07, 6.45) is 8.01. The van der Waals surface area contributed by atoms with E-state index >= 15 is 0 Å². The highest BCUT2D eigenvalue weighted by molar-refractivity contribution is 5.88. The van der Waals surface area contributed by atoms with Gasteiger partial charge in [-0.15, -0.1) is 0 Å². The van der Waals surface area contributed by atoms with Gasteiger partial charge in [0.1, 0.15) is 11.4 Å². The Hall–Kier alpha value is -3.29. The highest BCUT2D eigenvalue weighted by Crippen LogP contribution is 2.39. The van der Waals surface area contributed by atoms with E-state index in [4.69, 9.17) is 14.2 Å². The topological polar surface area (TPSA) is 62.6 Å². The van der Waals surface area contributed by atoms with Crippen molar-refractivity contribution in [1.29, 1.82) is 0 Å². The molecule has 6 nitrogen and oxygen atoms in total. The van der Waals surface area contributed by atoms with E-state index in [1.54, 1.807) is 18.3 Å². The van der Waals surface area contributed by atoms with Gasteiger partial charge in [0.25, 0.3) is 0 Å². The number of carbonyl (C=O) groups is 1. The SMILES string of the molecule is CC(C)n1cc(-c2ccccn2)c(-c2ccc(F)cc2)c1/C=C/[C@@H]1C[C@H](CC(=O)OC(C)(C)C)OC(C)(C)O1. The highest BCUT2D eigenvalue weighted by Gasteiger charge is 2.36. The van der Waals surface area contributed by atoms with Crippen LogP contribution in [0.4, 0.5) is 4.39 Å². The van der Waals surface area contributed by atoms with Gasteiger partial charge in [0, 0.05) is 41.7 Å². The van der Waals surface area contributed by atoms with E-state index in [9.17, 15) is 9.18 Å². The smallest absolute Gasteiger partial charge is 0.308 e. The fourth-order valence-corrected chi connectivity index (χ4v) is 4.93. The van der Waals surface area contributed by atoms with Gasteiger partial charge >= 0.3 is 5.97 Å². The number of rotatable bonds is 7. The van der Waals surface area contributed by atoms with E-state index < -0.39 is 11.4 Å². The second-order valence-electron chi connectivity index (χ2n) is 11.7. The minimum atomic E-state index is -0.862. The molecule has 39 heavy (non-hydrogen) atoms. The highest BCUT2D eigenvalue weighted by atomic mass is 19.1. The molecule has 0 radical (unpaired) electrons. The quantitative estimate of drug-likeness (QED) is 0.292. The maximum Gasteiger partial charge on any atom is 0.308 e. The van der Waals surface area contributed by atoms with Gasteiger partial charge in [0.2, 0.25) is 0 Å². The molecule has 7 heteroatoms. The molecule has 0 amide bonds. The number of esters is 1. The third-order valence-electron chi connectivity index (χ3n) is 6.37. The van der Waals surface area contributed by atoms with Crippen LogP contribution >= 0.6 is 0 Å². The molecule has 1 fully saturated rings. The zero-order chi connectivity index (χ0) is 28.4. The van der Waals surface area contributed by atoms with Gasteiger partial charge in [0.05, 0.1) is 24.3 Å². The lowest BCUT2D eigenvalue weighted by Gasteiger charge is -2.39. The van der Waals surface area contributed by atoms with E-state index in [1.807, 2.05) is 58.9 Å². The molecule has 3 aromatic rings. The van der Waals surface area contributed by atoms with Gasteiger partial charge in [-0.2, -0.15) is 0 Å². The lowest BCUT2D eigenvalue weighted by Crippen LogP contribution is -2.45. The molecule has 4 rings (SSSR count). The summed E-state index contributed by atoms with van der Waals surface area (Å²) in [6, 6.07) is 12.5. The second kappa shape index (κ2) is 11.4. The van der Waals surface area contributed by atoms with Crippen molar-refractivity contribution >= 4 is 12.0 Å². The first-order chi connectivity index (χ1) is 18.3. The van der Waals surface area contributed by atoms with Crippen molar-refractivity contribution in [2.45, 2.75) is 90.9 Å². The second-order valence-corrected chi connectivity index (χ2v) is 11.7. The van der Waals surface area contributed by atoms with Gasteiger partial charge in [-0.1, -0.05) is 24.3 Å². The Bertz CT molecular complexity index is 1300.